The molecule has 6 nitrogen and oxygen atoms in total. The summed E-state index contributed by atoms with van der Waals surface area (Å²) in [6.07, 6.45) is 10.6. The smallest absolute Gasteiger partial charge is 0.242 e. The van der Waals surface area contributed by atoms with Crippen molar-refractivity contribution < 1.29 is 9.53 Å². The van der Waals surface area contributed by atoms with Gasteiger partial charge in [0.05, 0.1) is 6.20 Å². The molecule has 1 saturated heterocycles. The summed E-state index contributed by atoms with van der Waals surface area (Å²) in [6.45, 7) is 1.81. The Balaban J connectivity index is 0.00000208. The number of ether oxygens (including phenoxy) is 1. The standard InChI is InChI=1S/C17H28N4O2.ClH/c1-18-15(13-11-19-21(2)12-13)16(22)20-14-3-5-17(6-4-14)7-9-23-10-8-17;/h11-12,14-15,18H,3-10H2,1-2H3,(H,20,22);1H. The first-order chi connectivity index (χ1) is 11.1. The van der Waals surface area contributed by atoms with Gasteiger partial charge in [0.1, 0.15) is 6.04 Å². The maximum absolute atomic E-state index is 12.6. The molecule has 1 amide bonds. The summed E-state index contributed by atoms with van der Waals surface area (Å²) < 4.78 is 7.22. The van der Waals surface area contributed by atoms with E-state index in [1.54, 1.807) is 10.9 Å². The average Bonchev–Trinajstić information content (AvgIpc) is 2.98. The van der Waals surface area contributed by atoms with Crippen LogP contribution in [0, 0.1) is 5.41 Å². The Morgan fingerprint density at radius 3 is 2.54 bits per heavy atom. The number of nitrogens with zero attached hydrogens (tertiary/aromatic N) is 2. The minimum Gasteiger partial charge on any atom is -0.381 e. The Morgan fingerprint density at radius 2 is 2.00 bits per heavy atom. The Hall–Kier alpha value is -1.11. The number of halogens is 1. The zero-order valence-corrected chi connectivity index (χ0v) is 15.4. The number of hydrogen-bond donors (Lipinski definition) is 2. The molecule has 1 unspecified atom stereocenters. The topological polar surface area (TPSA) is 68.2 Å². The molecular weight excluding hydrogens is 328 g/mol. The molecule has 0 bridgehead atoms. The third-order valence-corrected chi connectivity index (χ3v) is 5.56. The second kappa shape index (κ2) is 8.32. The number of aromatic nitrogens is 2. The summed E-state index contributed by atoms with van der Waals surface area (Å²) in [5.41, 5.74) is 1.38. The summed E-state index contributed by atoms with van der Waals surface area (Å²) in [4.78, 5) is 12.6. The predicted octanol–water partition coefficient (Wildman–Crippen LogP) is 1.96. The van der Waals surface area contributed by atoms with Crippen molar-refractivity contribution in [3.63, 3.8) is 0 Å². The van der Waals surface area contributed by atoms with E-state index in [1.165, 1.54) is 25.7 Å². The number of rotatable bonds is 4. The van der Waals surface area contributed by atoms with Crippen LogP contribution in [0.4, 0.5) is 0 Å². The molecule has 2 aliphatic rings. The zero-order chi connectivity index (χ0) is 16.3. The van der Waals surface area contributed by atoms with E-state index in [2.05, 4.69) is 15.7 Å². The van der Waals surface area contributed by atoms with Crippen LogP contribution in [0.25, 0.3) is 0 Å². The fourth-order valence-corrected chi connectivity index (χ4v) is 4.00. The van der Waals surface area contributed by atoms with Gasteiger partial charge in [-0.25, -0.2) is 0 Å². The first-order valence-electron chi connectivity index (χ1n) is 8.66. The normalized spacial score (nSPS) is 21.9. The molecule has 24 heavy (non-hydrogen) atoms. The number of nitrogens with one attached hydrogen (secondary N) is 2. The van der Waals surface area contributed by atoms with Crippen molar-refractivity contribution in [1.29, 1.82) is 0 Å². The van der Waals surface area contributed by atoms with E-state index in [1.807, 2.05) is 20.3 Å². The van der Waals surface area contributed by atoms with Crippen LogP contribution >= 0.6 is 12.4 Å². The van der Waals surface area contributed by atoms with E-state index in [0.29, 0.717) is 11.5 Å². The van der Waals surface area contributed by atoms with Crippen molar-refractivity contribution >= 4 is 18.3 Å². The number of carbonyl (C=O) groups is 1. The minimum atomic E-state index is -0.331. The van der Waals surface area contributed by atoms with E-state index < -0.39 is 0 Å². The van der Waals surface area contributed by atoms with Crippen molar-refractivity contribution in [2.45, 2.75) is 50.6 Å². The van der Waals surface area contributed by atoms with Crippen LogP contribution < -0.4 is 10.6 Å². The highest BCUT2D eigenvalue weighted by atomic mass is 35.5. The summed E-state index contributed by atoms with van der Waals surface area (Å²) >= 11 is 0. The first kappa shape index (κ1) is 19.2. The molecule has 1 atom stereocenters. The predicted molar refractivity (Wildman–Crippen MR) is 95.1 cm³/mol. The van der Waals surface area contributed by atoms with Crippen LogP contribution in [0.2, 0.25) is 0 Å². The van der Waals surface area contributed by atoms with E-state index in [4.69, 9.17) is 4.74 Å². The molecule has 136 valence electrons. The van der Waals surface area contributed by atoms with Crippen LogP contribution in [-0.4, -0.2) is 42.0 Å². The highest BCUT2D eigenvalue weighted by Gasteiger charge is 2.37. The molecular formula is C17H29ClN4O2. The molecule has 1 spiro atoms. The Morgan fingerprint density at radius 1 is 1.33 bits per heavy atom. The summed E-state index contributed by atoms with van der Waals surface area (Å²) in [5, 5.41) is 10.5. The first-order valence-corrected chi connectivity index (χ1v) is 8.66. The number of aryl methyl sites for hydroxylation is 1. The third-order valence-electron chi connectivity index (χ3n) is 5.56. The fraction of sp³-hybridized carbons (Fsp3) is 0.765. The minimum absolute atomic E-state index is 0. The molecule has 3 rings (SSSR count). The summed E-state index contributed by atoms with van der Waals surface area (Å²) in [5.74, 6) is 0.0495. The molecule has 0 aromatic carbocycles. The van der Waals surface area contributed by atoms with Gasteiger partial charge >= 0.3 is 0 Å². The lowest BCUT2D eigenvalue weighted by molar-refractivity contribution is -0.124. The second-order valence-electron chi connectivity index (χ2n) is 7.06. The van der Waals surface area contributed by atoms with Crippen molar-refractivity contribution in [1.82, 2.24) is 20.4 Å². The van der Waals surface area contributed by atoms with Crippen LogP contribution in [0.5, 0.6) is 0 Å². The van der Waals surface area contributed by atoms with Gasteiger partial charge in [-0.2, -0.15) is 5.10 Å². The quantitative estimate of drug-likeness (QED) is 0.865. The van der Waals surface area contributed by atoms with E-state index in [0.717, 1.165) is 31.6 Å². The lowest BCUT2D eigenvalue weighted by atomic mass is 9.68. The zero-order valence-electron chi connectivity index (χ0n) is 14.6. The number of carbonyl (C=O) groups excluding carboxylic acids is 1. The Kier molecular flexibility index (Phi) is 6.66. The Labute approximate surface area is 150 Å². The van der Waals surface area contributed by atoms with Crippen molar-refractivity contribution in [2.75, 3.05) is 20.3 Å². The van der Waals surface area contributed by atoms with Gasteiger partial charge in [-0.3, -0.25) is 9.48 Å². The lowest BCUT2D eigenvalue weighted by Crippen LogP contribution is -2.45. The number of likely N-dealkylation sites (N-methyl/N-ethyl adjacent to an activating group) is 1. The monoisotopic (exact) mass is 356 g/mol. The highest BCUT2D eigenvalue weighted by Crippen LogP contribution is 2.44. The molecule has 2 N–H and O–H groups in total. The molecule has 1 aliphatic heterocycles. The van der Waals surface area contributed by atoms with E-state index in [9.17, 15) is 4.79 Å². The fourth-order valence-electron chi connectivity index (χ4n) is 4.00. The van der Waals surface area contributed by atoms with Crippen LogP contribution in [0.1, 0.15) is 50.1 Å². The maximum atomic E-state index is 12.6. The van der Waals surface area contributed by atoms with Crippen molar-refractivity contribution in [2.24, 2.45) is 12.5 Å². The van der Waals surface area contributed by atoms with Gasteiger partial charge in [0, 0.05) is 38.1 Å². The lowest BCUT2D eigenvalue weighted by Gasteiger charge is -2.43. The van der Waals surface area contributed by atoms with Gasteiger partial charge < -0.3 is 15.4 Å². The summed E-state index contributed by atoms with van der Waals surface area (Å²) in [7, 11) is 3.68. The van der Waals surface area contributed by atoms with Crippen molar-refractivity contribution in [3.8, 4) is 0 Å². The average molecular weight is 357 g/mol. The van der Waals surface area contributed by atoms with Gasteiger partial charge in [0.25, 0.3) is 0 Å². The van der Waals surface area contributed by atoms with E-state index >= 15 is 0 Å². The second-order valence-corrected chi connectivity index (χ2v) is 7.06. The van der Waals surface area contributed by atoms with Crippen molar-refractivity contribution in [3.05, 3.63) is 18.0 Å². The van der Waals surface area contributed by atoms with Gasteiger partial charge in [0.2, 0.25) is 5.91 Å². The molecule has 1 aromatic heterocycles. The SMILES string of the molecule is CNC(C(=O)NC1CCC2(CCOCC2)CC1)c1cnn(C)c1.Cl. The van der Waals surface area contributed by atoms with Gasteiger partial charge in [0.15, 0.2) is 0 Å². The number of hydrogen-bond acceptors (Lipinski definition) is 4. The molecule has 1 aliphatic carbocycles. The van der Waals surface area contributed by atoms with Crippen LogP contribution in [-0.2, 0) is 16.6 Å². The molecule has 2 fully saturated rings. The molecule has 1 aromatic rings. The largest absolute Gasteiger partial charge is 0.381 e. The third kappa shape index (κ3) is 4.29. The number of amides is 1. The van der Waals surface area contributed by atoms with Gasteiger partial charge in [-0.15, -0.1) is 12.4 Å². The van der Waals surface area contributed by atoms with Gasteiger partial charge in [-0.1, -0.05) is 0 Å². The molecule has 7 heteroatoms. The Bertz CT molecular complexity index is 532. The summed E-state index contributed by atoms with van der Waals surface area (Å²) in [6, 6.07) is -0.0360. The van der Waals surface area contributed by atoms with Crippen LogP contribution in [0.15, 0.2) is 12.4 Å². The molecule has 1 saturated carbocycles. The maximum Gasteiger partial charge on any atom is 0.242 e. The van der Waals surface area contributed by atoms with E-state index in [-0.39, 0.29) is 24.4 Å². The molecule has 2 heterocycles. The highest BCUT2D eigenvalue weighted by molar-refractivity contribution is 5.85. The molecule has 0 radical (unpaired) electrons. The van der Waals surface area contributed by atoms with Gasteiger partial charge in [-0.05, 0) is 51.0 Å². The van der Waals surface area contributed by atoms with Crippen LogP contribution in [0.3, 0.4) is 0 Å².